The molecule has 1 aromatic heterocycles. The van der Waals surface area contributed by atoms with Crippen molar-refractivity contribution in [1.29, 1.82) is 0 Å². The summed E-state index contributed by atoms with van der Waals surface area (Å²) in [7, 11) is 0. The molecule has 1 N–H and O–H groups in total. The third-order valence-corrected chi connectivity index (χ3v) is 2.78. The fraction of sp³-hybridized carbons (Fsp3) is 0.182. The van der Waals surface area contributed by atoms with Crippen LogP contribution in [0.15, 0.2) is 23.5 Å². The molecule has 6 heteroatoms. The molecule has 17 heavy (non-hydrogen) atoms. The lowest BCUT2D eigenvalue weighted by molar-refractivity contribution is 0.161. The summed E-state index contributed by atoms with van der Waals surface area (Å²) < 4.78 is 1.83. The molecule has 0 saturated heterocycles. The van der Waals surface area contributed by atoms with Gasteiger partial charge in [-0.1, -0.05) is 0 Å². The Labute approximate surface area is 97.2 Å². The molecule has 0 radical (unpaired) electrons. The first kappa shape index (κ1) is 9.83. The van der Waals surface area contributed by atoms with Crippen molar-refractivity contribution in [2.24, 2.45) is 4.99 Å². The van der Waals surface area contributed by atoms with E-state index in [1.165, 1.54) is 11.1 Å². The molecule has 2 aliphatic rings. The maximum atomic E-state index is 10.9. The molecule has 1 aromatic rings. The molecule has 0 spiro atoms. The SMILES string of the molecule is O=C(O)N1C=Cc2nn3c(c2C1)C=NC=CC3. The average molecular weight is 230 g/mol. The number of nitrogens with zero attached hydrogens (tertiary/aromatic N) is 4. The molecule has 0 aliphatic carbocycles. The van der Waals surface area contributed by atoms with Crippen molar-refractivity contribution < 1.29 is 9.90 Å². The summed E-state index contributed by atoms with van der Waals surface area (Å²) in [6, 6.07) is 0. The minimum atomic E-state index is -0.962. The Morgan fingerprint density at radius 2 is 2.35 bits per heavy atom. The first-order chi connectivity index (χ1) is 8.25. The number of aromatic nitrogens is 2. The summed E-state index contributed by atoms with van der Waals surface area (Å²) in [6.45, 7) is 0.978. The summed E-state index contributed by atoms with van der Waals surface area (Å²) in [5.74, 6) is 0. The summed E-state index contributed by atoms with van der Waals surface area (Å²) in [4.78, 5) is 16.3. The Bertz CT molecular complexity index is 568. The largest absolute Gasteiger partial charge is 0.465 e. The molecule has 86 valence electrons. The summed E-state index contributed by atoms with van der Waals surface area (Å²) in [6.07, 6.45) is 7.62. The molecule has 3 heterocycles. The van der Waals surface area contributed by atoms with Crippen molar-refractivity contribution >= 4 is 18.4 Å². The molecule has 0 bridgehead atoms. The van der Waals surface area contributed by atoms with Crippen LogP contribution in [0.5, 0.6) is 0 Å². The van der Waals surface area contributed by atoms with Gasteiger partial charge in [0.15, 0.2) is 0 Å². The van der Waals surface area contributed by atoms with E-state index in [1.807, 2.05) is 10.8 Å². The number of fused-ring (bicyclic) bond motifs is 3. The maximum absolute atomic E-state index is 10.9. The quantitative estimate of drug-likeness (QED) is 0.730. The highest BCUT2D eigenvalue weighted by Crippen LogP contribution is 2.22. The van der Waals surface area contributed by atoms with Crippen LogP contribution in [0.4, 0.5) is 4.79 Å². The zero-order chi connectivity index (χ0) is 11.8. The van der Waals surface area contributed by atoms with Gasteiger partial charge in [0.05, 0.1) is 30.7 Å². The number of aliphatic imine (C=N–C) groups is 1. The minimum absolute atomic E-state index is 0.322. The van der Waals surface area contributed by atoms with E-state index in [4.69, 9.17) is 5.11 Å². The molecule has 0 fully saturated rings. The topological polar surface area (TPSA) is 70.7 Å². The number of allylic oxidation sites excluding steroid dienone is 1. The first-order valence-electron chi connectivity index (χ1n) is 5.21. The van der Waals surface area contributed by atoms with Crippen molar-refractivity contribution in [3.05, 3.63) is 35.4 Å². The monoisotopic (exact) mass is 230 g/mol. The zero-order valence-corrected chi connectivity index (χ0v) is 8.95. The Morgan fingerprint density at radius 3 is 3.18 bits per heavy atom. The molecule has 2 aliphatic heterocycles. The predicted octanol–water partition coefficient (Wildman–Crippen LogP) is 1.29. The fourth-order valence-corrected chi connectivity index (χ4v) is 1.95. The van der Waals surface area contributed by atoms with E-state index in [9.17, 15) is 4.79 Å². The number of carbonyl (C=O) groups is 1. The third kappa shape index (κ3) is 1.54. The van der Waals surface area contributed by atoms with Gasteiger partial charge < -0.3 is 5.11 Å². The highest BCUT2D eigenvalue weighted by molar-refractivity contribution is 5.83. The van der Waals surface area contributed by atoms with Crippen molar-refractivity contribution in [2.75, 3.05) is 0 Å². The fourth-order valence-electron chi connectivity index (χ4n) is 1.95. The number of carboxylic acid groups (broad SMARTS) is 1. The third-order valence-electron chi connectivity index (χ3n) is 2.78. The molecule has 0 aromatic carbocycles. The number of hydrogen-bond donors (Lipinski definition) is 1. The van der Waals surface area contributed by atoms with E-state index in [2.05, 4.69) is 10.1 Å². The Morgan fingerprint density at radius 1 is 1.47 bits per heavy atom. The lowest BCUT2D eigenvalue weighted by Crippen LogP contribution is -2.25. The van der Waals surface area contributed by atoms with Gasteiger partial charge >= 0.3 is 6.09 Å². The van der Waals surface area contributed by atoms with E-state index in [0.29, 0.717) is 13.1 Å². The van der Waals surface area contributed by atoms with Crippen LogP contribution in [0.25, 0.3) is 6.08 Å². The molecular weight excluding hydrogens is 220 g/mol. The van der Waals surface area contributed by atoms with Gasteiger partial charge in [-0.3, -0.25) is 14.6 Å². The maximum Gasteiger partial charge on any atom is 0.411 e. The summed E-state index contributed by atoms with van der Waals surface area (Å²) in [5.41, 5.74) is 2.60. The van der Waals surface area contributed by atoms with Gasteiger partial charge in [-0.05, 0) is 12.2 Å². The lowest BCUT2D eigenvalue weighted by Gasteiger charge is -2.17. The van der Waals surface area contributed by atoms with Gasteiger partial charge in [0, 0.05) is 18.0 Å². The smallest absolute Gasteiger partial charge is 0.411 e. The van der Waals surface area contributed by atoms with Gasteiger partial charge in [0.1, 0.15) is 0 Å². The molecule has 0 unspecified atom stereocenters. The van der Waals surface area contributed by atoms with Crippen LogP contribution in [0, 0.1) is 0 Å². The highest BCUT2D eigenvalue weighted by atomic mass is 16.4. The van der Waals surface area contributed by atoms with Gasteiger partial charge in [-0.25, -0.2) is 4.79 Å². The molecule has 3 rings (SSSR count). The van der Waals surface area contributed by atoms with Crippen molar-refractivity contribution in [1.82, 2.24) is 14.7 Å². The van der Waals surface area contributed by atoms with E-state index in [0.717, 1.165) is 17.0 Å². The summed E-state index contributed by atoms with van der Waals surface area (Å²) >= 11 is 0. The predicted molar refractivity (Wildman–Crippen MR) is 61.6 cm³/mol. The van der Waals surface area contributed by atoms with Crippen LogP contribution in [0.1, 0.15) is 17.0 Å². The Kier molecular flexibility index (Phi) is 2.07. The molecule has 0 saturated carbocycles. The van der Waals surface area contributed by atoms with Gasteiger partial charge in [-0.2, -0.15) is 5.10 Å². The Balaban J connectivity index is 2.06. The van der Waals surface area contributed by atoms with Crippen LogP contribution >= 0.6 is 0 Å². The van der Waals surface area contributed by atoms with Gasteiger partial charge in [0.2, 0.25) is 0 Å². The summed E-state index contributed by atoms with van der Waals surface area (Å²) in [5, 5.41) is 13.4. The Hall–Kier alpha value is -2.37. The zero-order valence-electron chi connectivity index (χ0n) is 8.95. The van der Waals surface area contributed by atoms with Crippen molar-refractivity contribution in [3.63, 3.8) is 0 Å². The average Bonchev–Trinajstić information content (AvgIpc) is 2.51. The van der Waals surface area contributed by atoms with Crippen molar-refractivity contribution in [2.45, 2.75) is 13.1 Å². The van der Waals surface area contributed by atoms with Gasteiger partial charge in [0.25, 0.3) is 0 Å². The van der Waals surface area contributed by atoms with Crippen LogP contribution in [0.3, 0.4) is 0 Å². The molecule has 0 atom stereocenters. The second kappa shape index (κ2) is 3.58. The van der Waals surface area contributed by atoms with Crippen LogP contribution in [-0.2, 0) is 13.1 Å². The second-order valence-electron chi connectivity index (χ2n) is 3.82. The van der Waals surface area contributed by atoms with Gasteiger partial charge in [-0.15, -0.1) is 0 Å². The molecular formula is C11H10N4O2. The van der Waals surface area contributed by atoms with E-state index in [-0.39, 0.29) is 0 Å². The molecule has 1 amide bonds. The standard InChI is InChI=1S/C11H10N4O2/c16-11(17)14-5-2-9-8(7-14)10-6-12-3-1-4-15(10)13-9/h1-3,5-6H,4,7H2,(H,16,17). The van der Waals surface area contributed by atoms with Crippen molar-refractivity contribution in [3.8, 4) is 0 Å². The second-order valence-corrected chi connectivity index (χ2v) is 3.82. The van der Waals surface area contributed by atoms with E-state index >= 15 is 0 Å². The number of hydrogen-bond acceptors (Lipinski definition) is 3. The number of rotatable bonds is 0. The van der Waals surface area contributed by atoms with Crippen LogP contribution < -0.4 is 0 Å². The highest BCUT2D eigenvalue weighted by Gasteiger charge is 2.22. The lowest BCUT2D eigenvalue weighted by atomic mass is 10.1. The van der Waals surface area contributed by atoms with Crippen LogP contribution in [0.2, 0.25) is 0 Å². The molecule has 6 nitrogen and oxygen atoms in total. The van der Waals surface area contributed by atoms with E-state index in [1.54, 1.807) is 18.5 Å². The van der Waals surface area contributed by atoms with E-state index < -0.39 is 6.09 Å². The normalized spacial score (nSPS) is 16.6. The van der Waals surface area contributed by atoms with Crippen LogP contribution in [-0.4, -0.2) is 32.1 Å². The first-order valence-corrected chi connectivity index (χ1v) is 5.21. The minimum Gasteiger partial charge on any atom is -0.465 e. The number of amides is 1.